The molecule has 0 spiro atoms. The number of carbonyl (C=O) groups is 2. The standard InChI is InChI=1S/C20H25BrN4O4S/c1-13-10-16(21)6-9-18(13)24-19(26)11-23-20(27)12-25(3)14(2)15-4-7-17(8-5-15)30(22,28)29/h4-10,14H,11-12H2,1-3H3,(H,23,27)(H,24,26)(H2,22,28,29)/t14-/m1/s1. The minimum absolute atomic E-state index is 0.0332. The first-order valence-electron chi connectivity index (χ1n) is 9.13. The largest absolute Gasteiger partial charge is 0.346 e. The van der Waals surface area contributed by atoms with Gasteiger partial charge in [-0.05, 0) is 62.4 Å². The number of benzene rings is 2. The number of nitrogens with two attached hydrogens (primary N) is 1. The van der Waals surface area contributed by atoms with Gasteiger partial charge in [0.25, 0.3) is 0 Å². The van der Waals surface area contributed by atoms with Crippen molar-refractivity contribution >= 4 is 43.5 Å². The molecule has 4 N–H and O–H groups in total. The summed E-state index contributed by atoms with van der Waals surface area (Å²) in [6.07, 6.45) is 0. The molecule has 2 aromatic carbocycles. The number of carbonyl (C=O) groups excluding carboxylic acids is 2. The van der Waals surface area contributed by atoms with Crippen molar-refractivity contribution in [3.8, 4) is 0 Å². The van der Waals surface area contributed by atoms with Crippen molar-refractivity contribution in [3.05, 3.63) is 58.1 Å². The number of nitrogens with one attached hydrogen (secondary N) is 2. The van der Waals surface area contributed by atoms with Crippen LogP contribution < -0.4 is 15.8 Å². The molecule has 0 heterocycles. The molecule has 2 amide bonds. The van der Waals surface area contributed by atoms with E-state index in [2.05, 4.69) is 26.6 Å². The SMILES string of the molecule is Cc1cc(Br)ccc1NC(=O)CNC(=O)CN(C)[C@H](C)c1ccc(S(N)(=O)=O)cc1. The third-order valence-electron chi connectivity index (χ3n) is 4.65. The molecule has 0 fully saturated rings. The van der Waals surface area contributed by atoms with Crippen molar-refractivity contribution in [1.82, 2.24) is 10.2 Å². The van der Waals surface area contributed by atoms with E-state index in [1.807, 2.05) is 26.0 Å². The second-order valence-corrected chi connectivity index (χ2v) is 9.47. The van der Waals surface area contributed by atoms with Crippen LogP contribution in [0.25, 0.3) is 0 Å². The Hall–Kier alpha value is -2.27. The molecule has 0 saturated carbocycles. The van der Waals surface area contributed by atoms with Gasteiger partial charge in [-0.2, -0.15) is 0 Å². The van der Waals surface area contributed by atoms with Crippen molar-refractivity contribution in [2.75, 3.05) is 25.5 Å². The maximum atomic E-state index is 12.2. The van der Waals surface area contributed by atoms with E-state index in [1.165, 1.54) is 12.1 Å². The summed E-state index contributed by atoms with van der Waals surface area (Å²) in [5, 5.41) is 10.5. The number of sulfonamides is 1. The molecule has 1 atom stereocenters. The molecule has 2 rings (SSSR count). The summed E-state index contributed by atoms with van der Waals surface area (Å²) < 4.78 is 23.6. The molecule has 0 radical (unpaired) electrons. The van der Waals surface area contributed by atoms with Gasteiger partial charge in [-0.3, -0.25) is 14.5 Å². The molecule has 2 aromatic rings. The number of likely N-dealkylation sites (N-methyl/N-ethyl adjacent to an activating group) is 1. The summed E-state index contributed by atoms with van der Waals surface area (Å²) >= 11 is 3.37. The fraction of sp³-hybridized carbons (Fsp3) is 0.300. The molecule has 0 aromatic heterocycles. The van der Waals surface area contributed by atoms with Gasteiger partial charge in [-0.1, -0.05) is 28.1 Å². The zero-order valence-electron chi connectivity index (χ0n) is 17.0. The second-order valence-electron chi connectivity index (χ2n) is 6.99. The molecule has 0 bridgehead atoms. The Morgan fingerprint density at radius 1 is 1.13 bits per heavy atom. The Morgan fingerprint density at radius 2 is 1.77 bits per heavy atom. The number of aryl methyl sites for hydroxylation is 1. The third-order valence-corrected chi connectivity index (χ3v) is 6.08. The van der Waals surface area contributed by atoms with Crippen LogP contribution in [0.15, 0.2) is 51.8 Å². The highest BCUT2D eigenvalue weighted by molar-refractivity contribution is 9.10. The van der Waals surface area contributed by atoms with Gasteiger partial charge in [-0.15, -0.1) is 0 Å². The predicted molar refractivity (Wildman–Crippen MR) is 119 cm³/mol. The minimum Gasteiger partial charge on any atom is -0.346 e. The molecule has 10 heteroatoms. The molecule has 0 unspecified atom stereocenters. The summed E-state index contributed by atoms with van der Waals surface area (Å²) in [5.74, 6) is -0.615. The summed E-state index contributed by atoms with van der Waals surface area (Å²) in [7, 11) is -1.98. The number of rotatable bonds is 8. The van der Waals surface area contributed by atoms with Crippen LogP contribution in [0.1, 0.15) is 24.1 Å². The lowest BCUT2D eigenvalue weighted by atomic mass is 10.1. The first-order chi connectivity index (χ1) is 14.0. The van der Waals surface area contributed by atoms with Crippen LogP contribution in [0, 0.1) is 6.92 Å². The lowest BCUT2D eigenvalue weighted by molar-refractivity contribution is -0.125. The first kappa shape index (κ1) is 24.0. The van der Waals surface area contributed by atoms with E-state index in [4.69, 9.17) is 5.14 Å². The maximum absolute atomic E-state index is 12.2. The van der Waals surface area contributed by atoms with Gasteiger partial charge in [0.1, 0.15) is 0 Å². The number of primary sulfonamides is 1. The zero-order chi connectivity index (χ0) is 22.5. The van der Waals surface area contributed by atoms with E-state index in [9.17, 15) is 18.0 Å². The fourth-order valence-corrected chi connectivity index (χ4v) is 3.74. The highest BCUT2D eigenvalue weighted by atomic mass is 79.9. The molecular weight excluding hydrogens is 472 g/mol. The quantitative estimate of drug-likeness (QED) is 0.516. The smallest absolute Gasteiger partial charge is 0.243 e. The summed E-state index contributed by atoms with van der Waals surface area (Å²) in [6.45, 7) is 3.70. The number of nitrogens with zero attached hydrogens (tertiary/aromatic N) is 1. The normalized spacial score (nSPS) is 12.5. The lowest BCUT2D eigenvalue weighted by Gasteiger charge is -2.24. The predicted octanol–water partition coefficient (Wildman–Crippen LogP) is 2.15. The lowest BCUT2D eigenvalue weighted by Crippen LogP contribution is -2.40. The first-order valence-corrected chi connectivity index (χ1v) is 11.5. The Morgan fingerprint density at radius 3 is 2.33 bits per heavy atom. The molecule has 0 aliphatic carbocycles. The van der Waals surface area contributed by atoms with Crippen LogP contribution in [0.5, 0.6) is 0 Å². The Bertz CT molecular complexity index is 1030. The summed E-state index contributed by atoms with van der Waals surface area (Å²) in [6, 6.07) is 11.5. The van der Waals surface area contributed by atoms with E-state index >= 15 is 0 Å². The van der Waals surface area contributed by atoms with Crippen LogP contribution >= 0.6 is 15.9 Å². The van der Waals surface area contributed by atoms with Crippen molar-refractivity contribution in [1.29, 1.82) is 0 Å². The molecule has 30 heavy (non-hydrogen) atoms. The number of amides is 2. The molecule has 0 aliphatic rings. The molecule has 0 aliphatic heterocycles. The van der Waals surface area contributed by atoms with E-state index in [0.29, 0.717) is 5.69 Å². The fourth-order valence-electron chi connectivity index (χ4n) is 2.75. The van der Waals surface area contributed by atoms with Crippen molar-refractivity contribution < 1.29 is 18.0 Å². The van der Waals surface area contributed by atoms with Gasteiger partial charge in [0.05, 0.1) is 18.0 Å². The van der Waals surface area contributed by atoms with Gasteiger partial charge in [0.2, 0.25) is 21.8 Å². The monoisotopic (exact) mass is 496 g/mol. The highest BCUT2D eigenvalue weighted by Gasteiger charge is 2.17. The van der Waals surface area contributed by atoms with E-state index in [0.717, 1.165) is 15.6 Å². The van der Waals surface area contributed by atoms with Crippen LogP contribution in [0.4, 0.5) is 5.69 Å². The van der Waals surface area contributed by atoms with E-state index in [-0.39, 0.29) is 35.8 Å². The van der Waals surface area contributed by atoms with Gasteiger partial charge in [0.15, 0.2) is 0 Å². The average molecular weight is 497 g/mol. The number of hydrogen-bond acceptors (Lipinski definition) is 5. The van der Waals surface area contributed by atoms with Gasteiger partial charge < -0.3 is 10.6 Å². The second kappa shape index (κ2) is 10.2. The zero-order valence-corrected chi connectivity index (χ0v) is 19.4. The third kappa shape index (κ3) is 6.91. The van der Waals surface area contributed by atoms with Gasteiger partial charge in [0, 0.05) is 16.2 Å². The minimum atomic E-state index is -3.75. The number of anilines is 1. The van der Waals surface area contributed by atoms with Crippen LogP contribution in [0.3, 0.4) is 0 Å². The summed E-state index contributed by atoms with van der Waals surface area (Å²) in [4.78, 5) is 26.1. The molecular formula is C20H25BrN4O4S. The van der Waals surface area contributed by atoms with Crippen LogP contribution in [-0.4, -0.2) is 45.3 Å². The summed E-state index contributed by atoms with van der Waals surface area (Å²) in [5.41, 5.74) is 2.43. The Balaban J connectivity index is 1.85. The van der Waals surface area contributed by atoms with Crippen molar-refractivity contribution in [3.63, 3.8) is 0 Å². The highest BCUT2D eigenvalue weighted by Crippen LogP contribution is 2.21. The van der Waals surface area contributed by atoms with Gasteiger partial charge >= 0.3 is 0 Å². The van der Waals surface area contributed by atoms with Crippen molar-refractivity contribution in [2.24, 2.45) is 5.14 Å². The number of halogens is 1. The number of hydrogen-bond donors (Lipinski definition) is 3. The Kier molecular flexibility index (Phi) is 8.13. The molecule has 162 valence electrons. The molecule has 8 nitrogen and oxygen atoms in total. The topological polar surface area (TPSA) is 122 Å². The van der Waals surface area contributed by atoms with Crippen LogP contribution in [-0.2, 0) is 19.6 Å². The maximum Gasteiger partial charge on any atom is 0.243 e. The average Bonchev–Trinajstić information content (AvgIpc) is 2.67. The van der Waals surface area contributed by atoms with Crippen LogP contribution in [0.2, 0.25) is 0 Å². The van der Waals surface area contributed by atoms with E-state index in [1.54, 1.807) is 30.1 Å². The van der Waals surface area contributed by atoms with Gasteiger partial charge in [-0.25, -0.2) is 13.6 Å². The van der Waals surface area contributed by atoms with Crippen molar-refractivity contribution in [2.45, 2.75) is 24.8 Å². The Labute approximate surface area is 185 Å². The van der Waals surface area contributed by atoms with E-state index < -0.39 is 10.0 Å². The molecule has 0 saturated heterocycles.